The van der Waals surface area contributed by atoms with Crippen molar-refractivity contribution >= 4 is 51.7 Å². The molecule has 0 aromatic rings. The van der Waals surface area contributed by atoms with Gasteiger partial charge in [-0.25, -0.2) is 4.99 Å². The summed E-state index contributed by atoms with van der Waals surface area (Å²) in [4.78, 5) is 5.24. The van der Waals surface area contributed by atoms with Gasteiger partial charge in [0, 0.05) is 14.1 Å². The maximum Gasteiger partial charge on any atom is 0.199 e. The third-order valence-electron chi connectivity index (χ3n) is 0.715. The molecule has 0 atom stereocenters. The largest absolute Gasteiger partial charge is 0.353 e. The molecule has 0 fully saturated rings. The van der Waals surface area contributed by atoms with Gasteiger partial charge in [-0.05, 0) is 11.6 Å². The molecule has 6 heteroatoms. The van der Waals surface area contributed by atoms with Gasteiger partial charge in [-0.15, -0.1) is 0 Å². The van der Waals surface area contributed by atoms with Crippen LogP contribution in [0.15, 0.2) is 14.6 Å². The van der Waals surface area contributed by atoms with Crippen molar-refractivity contribution in [3.8, 4) is 0 Å². The second-order valence-electron chi connectivity index (χ2n) is 1.83. The van der Waals surface area contributed by atoms with Gasteiger partial charge in [-0.1, -0.05) is 34.8 Å². The minimum atomic E-state index is -0.105. The van der Waals surface area contributed by atoms with Gasteiger partial charge in [-0.3, -0.25) is 0 Å². The maximum absolute atomic E-state index is 5.59. The second kappa shape index (κ2) is 5.09. The molecule has 0 saturated carbocycles. The smallest absolute Gasteiger partial charge is 0.199 e. The van der Waals surface area contributed by atoms with Crippen molar-refractivity contribution in [3.63, 3.8) is 0 Å². The fraction of sp³-hybridized carbons (Fsp3) is 0.400. The van der Waals surface area contributed by atoms with Crippen LogP contribution in [-0.4, -0.2) is 24.3 Å². The topological polar surface area (TPSA) is 15.6 Å². The zero-order chi connectivity index (χ0) is 9.02. The van der Waals surface area contributed by atoms with Crippen molar-refractivity contribution in [2.24, 2.45) is 4.99 Å². The summed E-state index contributed by atoms with van der Waals surface area (Å²) in [7, 11) is 3.44. The van der Waals surface area contributed by atoms with E-state index in [1.54, 1.807) is 19.0 Å². The average Bonchev–Trinajstić information content (AvgIpc) is 1.87. The van der Waals surface area contributed by atoms with Crippen molar-refractivity contribution in [1.82, 2.24) is 4.90 Å². The Balaban J connectivity index is 4.44. The highest BCUT2D eigenvalue weighted by Crippen LogP contribution is 2.19. The van der Waals surface area contributed by atoms with Crippen LogP contribution >= 0.6 is 46.4 Å². The van der Waals surface area contributed by atoms with Gasteiger partial charge in [-0.2, -0.15) is 0 Å². The molecule has 0 aromatic carbocycles. The fourth-order valence-corrected chi connectivity index (χ4v) is 0.516. The third kappa shape index (κ3) is 4.75. The summed E-state index contributed by atoms with van der Waals surface area (Å²) in [6, 6.07) is 0. The summed E-state index contributed by atoms with van der Waals surface area (Å²) in [5, 5.41) is 0.195. The lowest BCUT2D eigenvalue weighted by molar-refractivity contribution is 0.634. The summed E-state index contributed by atoms with van der Waals surface area (Å²) in [6.07, 6.45) is 0. The molecule has 0 radical (unpaired) electrons. The lowest BCUT2D eigenvalue weighted by Gasteiger charge is -2.07. The standard InChI is InChI=1S/C5H6Cl4N2/c1-11(2)5(9)10-4(8)3(6)7/h1-2H3/b10-5+. The average molecular weight is 236 g/mol. The molecule has 0 aliphatic rings. The molecule has 0 unspecified atom stereocenters. The van der Waals surface area contributed by atoms with Crippen molar-refractivity contribution in [2.45, 2.75) is 0 Å². The number of aliphatic imine (C=N–C) groups is 1. The first-order valence-corrected chi connectivity index (χ1v) is 4.08. The second-order valence-corrected chi connectivity index (χ2v) is 3.47. The lowest BCUT2D eigenvalue weighted by atomic mass is 10.9. The summed E-state index contributed by atoms with van der Waals surface area (Å²) < 4.78 is -0.105. The minimum Gasteiger partial charge on any atom is -0.353 e. The molecule has 64 valence electrons. The van der Waals surface area contributed by atoms with Crippen LogP contribution in [-0.2, 0) is 0 Å². The monoisotopic (exact) mass is 234 g/mol. The molecule has 11 heavy (non-hydrogen) atoms. The van der Waals surface area contributed by atoms with Gasteiger partial charge in [0.15, 0.2) is 10.5 Å². The highest BCUT2D eigenvalue weighted by atomic mass is 35.5. The molecular weight excluding hydrogens is 230 g/mol. The number of rotatable bonds is 1. The number of hydrogen-bond donors (Lipinski definition) is 0. The van der Waals surface area contributed by atoms with Crippen LogP contribution in [0, 0.1) is 0 Å². The van der Waals surface area contributed by atoms with Crippen LogP contribution < -0.4 is 0 Å². The molecular formula is C5H6Cl4N2. The Morgan fingerprint density at radius 2 is 1.55 bits per heavy atom. The Kier molecular flexibility index (Phi) is 5.26. The molecule has 0 heterocycles. The van der Waals surface area contributed by atoms with Crippen LogP contribution in [0.2, 0.25) is 0 Å². The van der Waals surface area contributed by atoms with E-state index < -0.39 is 0 Å². The Morgan fingerprint density at radius 1 is 1.09 bits per heavy atom. The van der Waals surface area contributed by atoms with Gasteiger partial charge < -0.3 is 4.90 Å². The van der Waals surface area contributed by atoms with E-state index in [1.165, 1.54) is 0 Å². The molecule has 2 nitrogen and oxygen atoms in total. The van der Waals surface area contributed by atoms with Gasteiger partial charge in [0.1, 0.15) is 4.49 Å². The number of halogens is 4. The lowest BCUT2D eigenvalue weighted by Crippen LogP contribution is -2.15. The normalized spacial score (nSPS) is 11.3. The molecule has 0 N–H and O–H groups in total. The van der Waals surface area contributed by atoms with Crippen LogP contribution in [0.1, 0.15) is 0 Å². The predicted molar refractivity (Wildman–Crippen MR) is 51.6 cm³/mol. The van der Waals surface area contributed by atoms with Gasteiger partial charge in [0.05, 0.1) is 0 Å². The summed E-state index contributed by atoms with van der Waals surface area (Å²) in [6.45, 7) is 0. The molecule has 0 spiro atoms. The Hall–Kier alpha value is 0.370. The number of amidine groups is 1. The minimum absolute atomic E-state index is 0.0213. The zero-order valence-electron chi connectivity index (χ0n) is 5.91. The first kappa shape index (κ1) is 11.4. The fourth-order valence-electron chi connectivity index (χ4n) is 0.223. The van der Waals surface area contributed by atoms with E-state index in [1.807, 2.05) is 0 Å². The van der Waals surface area contributed by atoms with E-state index in [2.05, 4.69) is 4.99 Å². The van der Waals surface area contributed by atoms with E-state index in [9.17, 15) is 0 Å². The van der Waals surface area contributed by atoms with E-state index in [-0.39, 0.29) is 14.9 Å². The van der Waals surface area contributed by atoms with Gasteiger partial charge >= 0.3 is 0 Å². The van der Waals surface area contributed by atoms with Crippen molar-refractivity contribution in [2.75, 3.05) is 14.1 Å². The van der Waals surface area contributed by atoms with Gasteiger partial charge in [0.2, 0.25) is 0 Å². The first-order chi connectivity index (χ1) is 4.95. The van der Waals surface area contributed by atoms with E-state index in [0.29, 0.717) is 0 Å². The molecule has 0 rings (SSSR count). The van der Waals surface area contributed by atoms with Crippen molar-refractivity contribution < 1.29 is 0 Å². The molecule has 0 amide bonds. The van der Waals surface area contributed by atoms with Crippen molar-refractivity contribution in [1.29, 1.82) is 0 Å². The van der Waals surface area contributed by atoms with E-state index in [4.69, 9.17) is 46.4 Å². The van der Waals surface area contributed by atoms with Gasteiger partial charge in [0.25, 0.3) is 0 Å². The highest BCUT2D eigenvalue weighted by Gasteiger charge is 2.00. The molecule has 0 saturated heterocycles. The SMILES string of the molecule is CN(C)/C(Cl)=N/C(Cl)=C(Cl)Cl. The zero-order valence-corrected chi connectivity index (χ0v) is 8.93. The summed E-state index contributed by atoms with van der Waals surface area (Å²) >= 11 is 21.7. The molecule has 0 aliphatic heterocycles. The Labute approximate surface area is 85.4 Å². The van der Waals surface area contributed by atoms with Crippen LogP contribution in [0.25, 0.3) is 0 Å². The molecule has 0 aromatic heterocycles. The van der Waals surface area contributed by atoms with Crippen LogP contribution in [0.3, 0.4) is 0 Å². The predicted octanol–water partition coefficient (Wildman–Crippen LogP) is 2.99. The highest BCUT2D eigenvalue weighted by molar-refractivity contribution is 6.65. The summed E-state index contributed by atoms with van der Waals surface area (Å²) in [5.74, 6) is 0. The van der Waals surface area contributed by atoms with E-state index in [0.717, 1.165) is 0 Å². The number of nitrogens with zero attached hydrogens (tertiary/aromatic N) is 2. The Morgan fingerprint density at radius 3 is 1.82 bits per heavy atom. The van der Waals surface area contributed by atoms with Crippen molar-refractivity contribution in [3.05, 3.63) is 9.65 Å². The van der Waals surface area contributed by atoms with Crippen LogP contribution in [0.5, 0.6) is 0 Å². The third-order valence-corrected chi connectivity index (χ3v) is 1.96. The summed E-state index contributed by atoms with van der Waals surface area (Å²) in [5.41, 5.74) is 0. The quantitative estimate of drug-likeness (QED) is 0.388. The van der Waals surface area contributed by atoms with E-state index >= 15 is 0 Å². The first-order valence-electron chi connectivity index (χ1n) is 2.57. The van der Waals surface area contributed by atoms with Crippen LogP contribution in [0.4, 0.5) is 0 Å². The Bertz CT molecular complexity index is 193. The number of hydrogen-bond acceptors (Lipinski definition) is 1. The molecule has 0 aliphatic carbocycles. The maximum atomic E-state index is 5.59. The molecule has 0 bridgehead atoms.